The number of likely N-dealkylation sites (tertiary alicyclic amines) is 1. The van der Waals surface area contributed by atoms with Gasteiger partial charge in [-0.25, -0.2) is 0 Å². The molecule has 3 aliphatic heterocycles. The lowest BCUT2D eigenvalue weighted by Gasteiger charge is -2.54. The fourth-order valence-electron chi connectivity index (χ4n) is 7.11. The van der Waals surface area contributed by atoms with Gasteiger partial charge < -0.3 is 4.90 Å². The molecule has 4 unspecified atom stereocenters. The van der Waals surface area contributed by atoms with Crippen LogP contribution in [0.2, 0.25) is 0 Å². The van der Waals surface area contributed by atoms with Crippen LogP contribution in [0.3, 0.4) is 0 Å². The molecule has 2 bridgehead atoms. The lowest BCUT2D eigenvalue weighted by molar-refractivity contribution is -0.136. The predicted molar refractivity (Wildman–Crippen MR) is 128 cm³/mol. The molecule has 4 atom stereocenters. The van der Waals surface area contributed by atoms with E-state index < -0.39 is 0 Å². The second kappa shape index (κ2) is 8.81. The number of carbonyl (C=O) groups excluding carboxylic acids is 1. The molecular weight excluding hydrogens is 396 g/mol. The summed E-state index contributed by atoms with van der Waals surface area (Å²) in [6, 6.07) is 1.11. The van der Waals surface area contributed by atoms with Crippen molar-refractivity contribution in [3.63, 3.8) is 0 Å². The van der Waals surface area contributed by atoms with Crippen LogP contribution in [0.4, 0.5) is 0 Å². The van der Waals surface area contributed by atoms with Crippen molar-refractivity contribution < 1.29 is 4.79 Å². The minimum Gasteiger partial charge on any atom is -0.336 e. The second-order valence-corrected chi connectivity index (χ2v) is 10.9. The molecule has 0 saturated carbocycles. The Morgan fingerprint density at radius 1 is 1.22 bits per heavy atom. The van der Waals surface area contributed by atoms with Gasteiger partial charge in [0.25, 0.3) is 0 Å². The molecule has 174 valence electrons. The molecule has 0 aromatic carbocycles. The van der Waals surface area contributed by atoms with Crippen LogP contribution < -0.4 is 0 Å². The number of allylic oxidation sites excluding steroid dienone is 1. The number of carbonyl (C=O) groups is 1. The quantitative estimate of drug-likeness (QED) is 0.641. The number of amides is 1. The third kappa shape index (κ3) is 3.98. The Balaban J connectivity index is 1.30. The van der Waals surface area contributed by atoms with E-state index >= 15 is 0 Å². The molecular formula is C27H40N4O. The monoisotopic (exact) mass is 436 g/mol. The molecule has 32 heavy (non-hydrogen) atoms. The Bertz CT molecular complexity index is 928. The number of fused-ring (bicyclic) bond motifs is 6. The summed E-state index contributed by atoms with van der Waals surface area (Å²) >= 11 is 0. The molecule has 0 radical (unpaired) electrons. The average Bonchev–Trinajstić information content (AvgIpc) is 3.04. The highest BCUT2D eigenvalue weighted by molar-refractivity contribution is 5.77. The summed E-state index contributed by atoms with van der Waals surface area (Å²) in [5.74, 6) is 1.65. The fourth-order valence-corrected chi connectivity index (χ4v) is 7.11. The first-order valence-electron chi connectivity index (χ1n) is 12.8. The van der Waals surface area contributed by atoms with Crippen LogP contribution in [0, 0.1) is 25.7 Å². The van der Waals surface area contributed by atoms with Crippen LogP contribution in [-0.2, 0) is 17.8 Å². The Morgan fingerprint density at radius 2 is 2.06 bits per heavy atom. The summed E-state index contributed by atoms with van der Waals surface area (Å²) in [6.07, 6.45) is 11.7. The molecule has 5 nitrogen and oxygen atoms in total. The highest BCUT2D eigenvalue weighted by atomic mass is 16.2. The minimum atomic E-state index is 0.314. The Morgan fingerprint density at radius 3 is 2.88 bits per heavy atom. The molecule has 1 aromatic rings. The van der Waals surface area contributed by atoms with E-state index in [0.717, 1.165) is 42.6 Å². The summed E-state index contributed by atoms with van der Waals surface area (Å²) < 4.78 is 2.04. The normalized spacial score (nSPS) is 29.8. The zero-order valence-corrected chi connectivity index (χ0v) is 20.3. The maximum absolute atomic E-state index is 13.5. The van der Waals surface area contributed by atoms with Crippen molar-refractivity contribution in [3.8, 4) is 0 Å². The highest BCUT2D eigenvalue weighted by Crippen LogP contribution is 2.45. The van der Waals surface area contributed by atoms with Crippen LogP contribution in [0.5, 0.6) is 0 Å². The van der Waals surface area contributed by atoms with Crippen molar-refractivity contribution >= 4 is 5.91 Å². The van der Waals surface area contributed by atoms with Crippen molar-refractivity contribution in [3.05, 3.63) is 40.8 Å². The average molecular weight is 437 g/mol. The first-order chi connectivity index (χ1) is 15.4. The van der Waals surface area contributed by atoms with Crippen molar-refractivity contribution in [1.82, 2.24) is 19.6 Å². The maximum Gasteiger partial charge on any atom is 0.224 e. The molecule has 1 aliphatic carbocycles. The van der Waals surface area contributed by atoms with E-state index in [2.05, 4.69) is 43.2 Å². The van der Waals surface area contributed by atoms with Gasteiger partial charge in [-0.2, -0.15) is 5.10 Å². The van der Waals surface area contributed by atoms with Gasteiger partial charge in [-0.05, 0) is 83.2 Å². The second-order valence-electron chi connectivity index (χ2n) is 10.9. The summed E-state index contributed by atoms with van der Waals surface area (Å²) in [4.78, 5) is 18.5. The summed E-state index contributed by atoms with van der Waals surface area (Å²) in [6.45, 7) is 14.4. The number of piperidine rings is 3. The SMILES string of the molecule is C=C(C)Cc1c(C)nn(CCC(=O)N2CCCC3=CC4CC(CN5CCCCC45)C32)c1C. The molecule has 0 N–H and O–H groups in total. The molecule has 4 aliphatic rings. The third-order valence-corrected chi connectivity index (χ3v) is 8.52. The van der Waals surface area contributed by atoms with Gasteiger partial charge in [-0.3, -0.25) is 14.4 Å². The van der Waals surface area contributed by atoms with E-state index in [1.54, 1.807) is 5.57 Å². The van der Waals surface area contributed by atoms with Gasteiger partial charge >= 0.3 is 0 Å². The summed E-state index contributed by atoms with van der Waals surface area (Å²) in [7, 11) is 0. The predicted octanol–water partition coefficient (Wildman–Crippen LogP) is 4.43. The van der Waals surface area contributed by atoms with Crippen molar-refractivity contribution in [1.29, 1.82) is 0 Å². The van der Waals surface area contributed by atoms with E-state index in [-0.39, 0.29) is 0 Å². The van der Waals surface area contributed by atoms with Crippen molar-refractivity contribution in [2.75, 3.05) is 19.6 Å². The molecule has 5 rings (SSSR count). The van der Waals surface area contributed by atoms with Gasteiger partial charge in [0.1, 0.15) is 0 Å². The van der Waals surface area contributed by atoms with Crippen LogP contribution in [-0.4, -0.2) is 57.2 Å². The number of hydrogen-bond acceptors (Lipinski definition) is 3. The Hall–Kier alpha value is -1.88. The topological polar surface area (TPSA) is 41.4 Å². The Kier molecular flexibility index (Phi) is 6.04. The van der Waals surface area contributed by atoms with Crippen molar-refractivity contribution in [2.24, 2.45) is 11.8 Å². The van der Waals surface area contributed by atoms with Crippen LogP contribution in [0.15, 0.2) is 23.8 Å². The fraction of sp³-hybridized carbons (Fsp3) is 0.704. The number of aryl methyl sites for hydroxylation is 2. The maximum atomic E-state index is 13.5. The smallest absolute Gasteiger partial charge is 0.224 e. The summed E-state index contributed by atoms with van der Waals surface area (Å²) in [5.41, 5.74) is 6.24. The van der Waals surface area contributed by atoms with Gasteiger partial charge in [0, 0.05) is 37.8 Å². The van der Waals surface area contributed by atoms with Gasteiger partial charge in [0.05, 0.1) is 11.7 Å². The van der Waals surface area contributed by atoms with Gasteiger partial charge in [-0.15, -0.1) is 0 Å². The molecule has 3 saturated heterocycles. The molecule has 4 heterocycles. The first kappa shape index (κ1) is 21.9. The van der Waals surface area contributed by atoms with Crippen LogP contribution in [0.1, 0.15) is 68.8 Å². The van der Waals surface area contributed by atoms with E-state index in [0.29, 0.717) is 30.8 Å². The lowest BCUT2D eigenvalue weighted by Crippen LogP contribution is -2.60. The molecule has 5 heteroatoms. The van der Waals surface area contributed by atoms with Crippen LogP contribution >= 0.6 is 0 Å². The van der Waals surface area contributed by atoms with E-state index in [9.17, 15) is 4.79 Å². The molecule has 1 amide bonds. The molecule has 1 aromatic heterocycles. The minimum absolute atomic E-state index is 0.314. The number of rotatable bonds is 5. The lowest BCUT2D eigenvalue weighted by atomic mass is 9.68. The first-order valence-corrected chi connectivity index (χ1v) is 12.8. The third-order valence-electron chi connectivity index (χ3n) is 8.52. The summed E-state index contributed by atoms with van der Waals surface area (Å²) in [5, 5.41) is 4.74. The zero-order valence-electron chi connectivity index (χ0n) is 20.3. The van der Waals surface area contributed by atoms with Crippen LogP contribution in [0.25, 0.3) is 0 Å². The van der Waals surface area contributed by atoms with Crippen molar-refractivity contribution in [2.45, 2.75) is 90.8 Å². The number of hydrogen-bond donors (Lipinski definition) is 0. The Labute approximate surface area is 193 Å². The number of nitrogens with zero attached hydrogens (tertiary/aromatic N) is 4. The van der Waals surface area contributed by atoms with Gasteiger partial charge in [0.15, 0.2) is 0 Å². The molecule has 3 fully saturated rings. The molecule has 0 spiro atoms. The van der Waals surface area contributed by atoms with Gasteiger partial charge in [0.2, 0.25) is 5.91 Å². The zero-order chi connectivity index (χ0) is 22.4. The van der Waals surface area contributed by atoms with Gasteiger partial charge in [-0.1, -0.05) is 30.2 Å². The van der Waals surface area contributed by atoms with E-state index in [4.69, 9.17) is 5.10 Å². The largest absolute Gasteiger partial charge is 0.336 e. The standard InChI is InChI=1S/C27H40N4O/c1-18(2)14-24-19(3)28-31(20(24)4)13-10-26(32)30-12-7-8-21-15-22-16-23(27(21)30)17-29-11-6-5-9-25(22)29/h15,22-23,25,27H,1,5-14,16-17H2,2-4H3. The van der Waals surface area contributed by atoms with E-state index in [1.165, 1.54) is 56.5 Å². The number of aromatic nitrogens is 2. The van der Waals surface area contributed by atoms with E-state index in [1.807, 2.05) is 4.68 Å². The highest BCUT2D eigenvalue weighted by Gasteiger charge is 2.46.